The van der Waals surface area contributed by atoms with Gasteiger partial charge in [0.15, 0.2) is 11.5 Å². The number of carbonyl (C=O) groups excluding carboxylic acids is 2. The van der Waals surface area contributed by atoms with Gasteiger partial charge in [-0.2, -0.15) is 0 Å². The van der Waals surface area contributed by atoms with Crippen LogP contribution < -0.4 is 0 Å². The Morgan fingerprint density at radius 2 is 1.83 bits per heavy atom. The fraction of sp³-hybridized carbons (Fsp3) is 0.348. The van der Waals surface area contributed by atoms with Crippen molar-refractivity contribution in [3.63, 3.8) is 0 Å². The molecule has 1 saturated carbocycles. The van der Waals surface area contributed by atoms with Gasteiger partial charge in [-0.15, -0.1) is 0 Å². The lowest BCUT2D eigenvalue weighted by Gasteiger charge is -2.35. The Morgan fingerprint density at radius 1 is 1.07 bits per heavy atom. The summed E-state index contributed by atoms with van der Waals surface area (Å²) in [5.74, 6) is -0.0983. The smallest absolute Gasteiger partial charge is 0.290 e. The summed E-state index contributed by atoms with van der Waals surface area (Å²) in [5, 5.41) is 0.597. The minimum Gasteiger partial charge on any atom is -0.483 e. The highest BCUT2D eigenvalue weighted by molar-refractivity contribution is 6.31. The highest BCUT2D eigenvalue weighted by Crippen LogP contribution is 2.47. The fourth-order valence-corrected chi connectivity index (χ4v) is 4.95. The van der Waals surface area contributed by atoms with Crippen molar-refractivity contribution in [3.05, 3.63) is 76.3 Å². The second kappa shape index (κ2) is 7.30. The van der Waals surface area contributed by atoms with Crippen LogP contribution >= 0.6 is 11.6 Å². The van der Waals surface area contributed by atoms with Gasteiger partial charge in [0.05, 0.1) is 17.5 Å². The maximum Gasteiger partial charge on any atom is 0.290 e. The number of amides is 1. The first-order valence-electron chi connectivity index (χ1n) is 10.0. The molecule has 1 aromatic carbocycles. The van der Waals surface area contributed by atoms with Crippen molar-refractivity contribution in [2.45, 2.75) is 44.4 Å². The van der Waals surface area contributed by atoms with E-state index in [-0.39, 0.29) is 29.5 Å². The van der Waals surface area contributed by atoms with Crippen LogP contribution in [0.3, 0.4) is 0 Å². The van der Waals surface area contributed by atoms with Crippen LogP contribution in [-0.2, 0) is 20.9 Å². The van der Waals surface area contributed by atoms with E-state index in [4.69, 9.17) is 16.3 Å². The number of aromatic nitrogens is 1. The second-order valence-corrected chi connectivity index (χ2v) is 8.27. The predicted octanol–water partition coefficient (Wildman–Crippen LogP) is 4.23. The van der Waals surface area contributed by atoms with Crippen molar-refractivity contribution >= 4 is 23.3 Å². The molecule has 5 nitrogen and oxygen atoms in total. The number of benzene rings is 1. The van der Waals surface area contributed by atoms with Crippen molar-refractivity contribution in [2.75, 3.05) is 0 Å². The zero-order valence-electron chi connectivity index (χ0n) is 15.9. The SMILES string of the molecule is O=C1C2=C(OC3CCCCC13)C(=O)N(Cc1ccccc1Cl)C2c1ccncc1. The minimum atomic E-state index is -0.479. The molecule has 0 N–H and O–H groups in total. The average molecular weight is 409 g/mol. The van der Waals surface area contributed by atoms with Crippen LogP contribution in [0.4, 0.5) is 0 Å². The Kier molecular flexibility index (Phi) is 4.63. The first-order chi connectivity index (χ1) is 14.1. The van der Waals surface area contributed by atoms with Gasteiger partial charge in [0, 0.05) is 24.0 Å². The van der Waals surface area contributed by atoms with Gasteiger partial charge < -0.3 is 9.64 Å². The Morgan fingerprint density at radius 3 is 2.62 bits per heavy atom. The maximum atomic E-state index is 13.5. The molecule has 1 aromatic heterocycles. The van der Waals surface area contributed by atoms with Crippen LogP contribution in [0.25, 0.3) is 0 Å². The molecule has 0 radical (unpaired) electrons. The summed E-state index contributed by atoms with van der Waals surface area (Å²) >= 11 is 6.37. The van der Waals surface area contributed by atoms with Crippen molar-refractivity contribution in [1.82, 2.24) is 9.88 Å². The lowest BCUT2D eigenvalue weighted by atomic mass is 9.77. The summed E-state index contributed by atoms with van der Waals surface area (Å²) in [6, 6.07) is 10.7. The highest BCUT2D eigenvalue weighted by atomic mass is 35.5. The summed E-state index contributed by atoms with van der Waals surface area (Å²) in [6.45, 7) is 0.310. The van der Waals surface area contributed by atoms with Crippen LogP contribution in [0, 0.1) is 5.92 Å². The lowest BCUT2D eigenvalue weighted by Crippen LogP contribution is -2.39. The summed E-state index contributed by atoms with van der Waals surface area (Å²) in [5.41, 5.74) is 2.19. The predicted molar refractivity (Wildman–Crippen MR) is 108 cm³/mol. The first kappa shape index (κ1) is 18.4. The van der Waals surface area contributed by atoms with E-state index in [9.17, 15) is 9.59 Å². The number of nitrogens with zero attached hydrogens (tertiary/aromatic N) is 2. The monoisotopic (exact) mass is 408 g/mol. The molecule has 1 amide bonds. The van der Waals surface area contributed by atoms with Gasteiger partial charge in [0.25, 0.3) is 5.91 Å². The molecule has 6 heteroatoms. The minimum absolute atomic E-state index is 0.0628. The number of hydrogen-bond acceptors (Lipinski definition) is 4. The van der Waals surface area contributed by atoms with Crippen LogP contribution in [-0.4, -0.2) is 27.7 Å². The van der Waals surface area contributed by atoms with Gasteiger partial charge >= 0.3 is 0 Å². The Labute approximate surface area is 174 Å². The largest absolute Gasteiger partial charge is 0.483 e. The summed E-state index contributed by atoms with van der Waals surface area (Å²) < 4.78 is 6.17. The zero-order chi connectivity index (χ0) is 20.0. The van der Waals surface area contributed by atoms with Crippen molar-refractivity contribution in [2.24, 2.45) is 5.92 Å². The van der Waals surface area contributed by atoms with Crippen molar-refractivity contribution in [3.8, 4) is 0 Å². The van der Waals surface area contributed by atoms with Crippen LogP contribution in [0.5, 0.6) is 0 Å². The molecule has 5 rings (SSSR count). The number of ketones is 1. The van der Waals surface area contributed by atoms with Crippen LogP contribution in [0.15, 0.2) is 60.1 Å². The second-order valence-electron chi connectivity index (χ2n) is 7.86. The van der Waals surface area contributed by atoms with Crippen molar-refractivity contribution in [1.29, 1.82) is 0 Å². The molecular weight excluding hydrogens is 388 g/mol. The molecule has 3 heterocycles. The van der Waals surface area contributed by atoms with E-state index in [2.05, 4.69) is 4.98 Å². The lowest BCUT2D eigenvalue weighted by molar-refractivity contribution is -0.135. The average Bonchev–Trinajstić information content (AvgIpc) is 3.03. The molecule has 3 aliphatic rings. The quantitative estimate of drug-likeness (QED) is 0.762. The summed E-state index contributed by atoms with van der Waals surface area (Å²) in [7, 11) is 0. The van der Waals surface area contributed by atoms with Crippen LogP contribution in [0.2, 0.25) is 5.02 Å². The molecule has 1 fully saturated rings. The topological polar surface area (TPSA) is 59.5 Å². The van der Waals surface area contributed by atoms with E-state index < -0.39 is 6.04 Å². The third-order valence-corrected chi connectivity index (χ3v) is 6.55. The van der Waals surface area contributed by atoms with Gasteiger partial charge in [0.2, 0.25) is 0 Å². The molecule has 0 saturated heterocycles. The third kappa shape index (κ3) is 3.04. The fourth-order valence-electron chi connectivity index (χ4n) is 4.76. The highest BCUT2D eigenvalue weighted by Gasteiger charge is 2.51. The van der Waals surface area contributed by atoms with E-state index in [1.165, 1.54) is 0 Å². The van der Waals surface area contributed by atoms with Gasteiger partial charge in [-0.1, -0.05) is 36.2 Å². The van der Waals surface area contributed by atoms with E-state index in [0.29, 0.717) is 17.1 Å². The molecule has 148 valence electrons. The van der Waals surface area contributed by atoms with Gasteiger partial charge in [-0.05, 0) is 48.6 Å². The number of ether oxygens (including phenoxy) is 1. The number of fused-ring (bicyclic) bond motifs is 1. The van der Waals surface area contributed by atoms with Crippen LogP contribution in [0.1, 0.15) is 42.9 Å². The Hall–Kier alpha value is -2.66. The van der Waals surface area contributed by atoms with E-state index in [1.54, 1.807) is 17.3 Å². The molecule has 3 unspecified atom stereocenters. The molecule has 29 heavy (non-hydrogen) atoms. The number of pyridine rings is 1. The van der Waals surface area contributed by atoms with E-state index >= 15 is 0 Å². The molecule has 0 spiro atoms. The Bertz CT molecular complexity index is 1000. The zero-order valence-corrected chi connectivity index (χ0v) is 16.6. The summed E-state index contributed by atoms with van der Waals surface area (Å²) in [6.07, 6.45) is 6.89. The van der Waals surface area contributed by atoms with Gasteiger partial charge in [0.1, 0.15) is 6.10 Å². The third-order valence-electron chi connectivity index (χ3n) is 6.18. The van der Waals surface area contributed by atoms with Gasteiger partial charge in [-0.25, -0.2) is 0 Å². The number of Topliss-reactive ketones (excluding diaryl/α,β-unsaturated/α-hetero) is 1. The molecule has 1 aliphatic carbocycles. The first-order valence-corrected chi connectivity index (χ1v) is 10.4. The molecule has 3 atom stereocenters. The molecule has 2 aliphatic heterocycles. The van der Waals surface area contributed by atoms with E-state index in [0.717, 1.165) is 36.8 Å². The standard InChI is InChI=1S/C23H21ClN2O3/c24-17-7-3-1-5-15(17)13-26-20(14-9-11-25-12-10-14)19-21(27)16-6-2-4-8-18(16)29-22(19)23(26)28/h1,3,5,7,9-12,16,18,20H,2,4,6,8,13H2. The number of carbonyl (C=O) groups is 2. The molecular formula is C23H21ClN2O3. The van der Waals surface area contributed by atoms with Crippen molar-refractivity contribution < 1.29 is 14.3 Å². The maximum absolute atomic E-state index is 13.5. The Balaban J connectivity index is 1.59. The molecule has 2 aromatic rings. The number of rotatable bonds is 3. The normalized spacial score (nSPS) is 26.2. The summed E-state index contributed by atoms with van der Waals surface area (Å²) in [4.78, 5) is 32.7. The number of hydrogen-bond donors (Lipinski definition) is 0. The number of halogens is 1. The van der Waals surface area contributed by atoms with E-state index in [1.807, 2.05) is 36.4 Å². The molecule has 0 bridgehead atoms. The van der Waals surface area contributed by atoms with Gasteiger partial charge in [-0.3, -0.25) is 14.6 Å².